The number of Topliss-reactive ketones (excluding diaryl/α,β-unsaturated/α-hetero) is 1. The second-order valence-electron chi connectivity index (χ2n) is 7.19. The van der Waals surface area contributed by atoms with E-state index in [0.29, 0.717) is 11.8 Å². The second-order valence-corrected chi connectivity index (χ2v) is 8.14. The minimum atomic E-state index is 0.155. The molecule has 0 amide bonds. The normalized spacial score (nSPS) is 17.5. The maximum atomic E-state index is 12.5. The number of aryl methyl sites for hydroxylation is 1. The van der Waals surface area contributed by atoms with Crippen LogP contribution in [0.1, 0.15) is 61.0 Å². The fourth-order valence-electron chi connectivity index (χ4n) is 3.47. The van der Waals surface area contributed by atoms with Crippen molar-refractivity contribution < 1.29 is 4.79 Å². The Kier molecular flexibility index (Phi) is 5.29. The van der Waals surface area contributed by atoms with Gasteiger partial charge in [0.15, 0.2) is 10.9 Å². The molecule has 0 radical (unpaired) electrons. The first-order chi connectivity index (χ1) is 12.8. The highest BCUT2D eigenvalue weighted by molar-refractivity contribution is 7.99. The summed E-state index contributed by atoms with van der Waals surface area (Å²) in [5.74, 6) is 1.58. The summed E-state index contributed by atoms with van der Waals surface area (Å²) in [5, 5.41) is 9.80. The number of carbonyl (C=O) groups excluding carboxylic acids is 1. The lowest BCUT2D eigenvalue weighted by molar-refractivity contribution is 0.102. The molecule has 1 aliphatic carbocycles. The molecule has 138 valence electrons. The zero-order valence-electron chi connectivity index (χ0n) is 15.4. The molecule has 6 heteroatoms. The molecule has 1 aromatic carbocycles. The van der Waals surface area contributed by atoms with Gasteiger partial charge in [0.05, 0.1) is 5.75 Å². The molecule has 2 aromatic rings. The zero-order valence-corrected chi connectivity index (χ0v) is 16.2. The van der Waals surface area contributed by atoms with E-state index < -0.39 is 0 Å². The van der Waals surface area contributed by atoms with E-state index in [-0.39, 0.29) is 5.78 Å². The highest BCUT2D eigenvalue weighted by atomic mass is 32.2. The molecule has 0 N–H and O–H groups in total. The van der Waals surface area contributed by atoms with Crippen molar-refractivity contribution in [3.63, 3.8) is 0 Å². The fourth-order valence-corrected chi connectivity index (χ4v) is 4.36. The number of aromatic nitrogens is 3. The first kappa shape index (κ1) is 17.6. The average molecular weight is 371 g/mol. The van der Waals surface area contributed by atoms with Crippen LogP contribution in [-0.2, 0) is 6.42 Å². The van der Waals surface area contributed by atoms with Gasteiger partial charge in [0.2, 0.25) is 5.95 Å². The third-order valence-electron chi connectivity index (χ3n) is 5.21. The van der Waals surface area contributed by atoms with Gasteiger partial charge in [-0.2, -0.15) is 0 Å². The summed E-state index contributed by atoms with van der Waals surface area (Å²) in [6, 6.07) is 8.47. The van der Waals surface area contributed by atoms with Crippen LogP contribution in [0.15, 0.2) is 29.4 Å². The summed E-state index contributed by atoms with van der Waals surface area (Å²) in [5.41, 5.74) is 2.04. The van der Waals surface area contributed by atoms with Crippen LogP contribution in [0.2, 0.25) is 0 Å². The third-order valence-corrected chi connectivity index (χ3v) is 6.16. The van der Waals surface area contributed by atoms with Gasteiger partial charge in [0, 0.05) is 24.7 Å². The Balaban J connectivity index is 1.45. The average Bonchev–Trinajstić information content (AvgIpc) is 3.45. The molecule has 2 fully saturated rings. The third kappa shape index (κ3) is 3.80. The minimum Gasteiger partial charge on any atom is -0.341 e. The maximum Gasteiger partial charge on any atom is 0.228 e. The van der Waals surface area contributed by atoms with Gasteiger partial charge < -0.3 is 4.90 Å². The number of thioether (sulfide) groups is 1. The van der Waals surface area contributed by atoms with Crippen LogP contribution >= 0.6 is 11.8 Å². The molecular weight excluding hydrogens is 344 g/mol. The van der Waals surface area contributed by atoms with Crippen LogP contribution in [0.3, 0.4) is 0 Å². The highest BCUT2D eigenvalue weighted by Gasteiger charge is 2.32. The van der Waals surface area contributed by atoms with Gasteiger partial charge in [-0.05, 0) is 44.1 Å². The Morgan fingerprint density at radius 1 is 1.12 bits per heavy atom. The number of hydrogen-bond donors (Lipinski definition) is 0. The smallest absolute Gasteiger partial charge is 0.228 e. The molecule has 0 bridgehead atoms. The van der Waals surface area contributed by atoms with Gasteiger partial charge in [-0.3, -0.25) is 9.36 Å². The van der Waals surface area contributed by atoms with E-state index in [9.17, 15) is 4.79 Å². The summed E-state index contributed by atoms with van der Waals surface area (Å²) in [6.45, 7) is 4.26. The van der Waals surface area contributed by atoms with Gasteiger partial charge >= 0.3 is 0 Å². The number of benzene rings is 1. The van der Waals surface area contributed by atoms with Crippen molar-refractivity contribution >= 4 is 23.5 Å². The lowest BCUT2D eigenvalue weighted by atomic mass is 10.1. The topological polar surface area (TPSA) is 51.0 Å². The molecule has 0 atom stereocenters. The first-order valence-corrected chi connectivity index (χ1v) is 10.7. The van der Waals surface area contributed by atoms with E-state index in [1.807, 2.05) is 24.3 Å². The van der Waals surface area contributed by atoms with Gasteiger partial charge in [-0.25, -0.2) is 0 Å². The lowest BCUT2D eigenvalue weighted by Crippen LogP contribution is -2.31. The first-order valence-electron chi connectivity index (χ1n) is 9.71. The van der Waals surface area contributed by atoms with Crippen molar-refractivity contribution in [2.24, 2.45) is 0 Å². The van der Waals surface area contributed by atoms with Gasteiger partial charge in [0.1, 0.15) is 0 Å². The number of anilines is 1. The molecule has 5 nitrogen and oxygen atoms in total. The predicted octanol–water partition coefficient (Wildman–Crippen LogP) is 4.14. The summed E-state index contributed by atoms with van der Waals surface area (Å²) >= 11 is 1.53. The van der Waals surface area contributed by atoms with E-state index in [1.54, 1.807) is 0 Å². The van der Waals surface area contributed by atoms with Crippen LogP contribution in [-0.4, -0.2) is 39.4 Å². The van der Waals surface area contributed by atoms with Gasteiger partial charge in [0.25, 0.3) is 0 Å². The molecule has 2 heterocycles. The van der Waals surface area contributed by atoms with E-state index in [2.05, 4.69) is 26.6 Å². The minimum absolute atomic E-state index is 0.155. The van der Waals surface area contributed by atoms with E-state index in [4.69, 9.17) is 0 Å². The molecule has 1 aromatic heterocycles. The fraction of sp³-hybridized carbons (Fsp3) is 0.550. The number of hydrogen-bond acceptors (Lipinski definition) is 5. The van der Waals surface area contributed by atoms with Crippen LogP contribution in [0.4, 0.5) is 5.95 Å². The molecule has 1 saturated heterocycles. The number of carbonyl (C=O) groups is 1. The van der Waals surface area contributed by atoms with Crippen LogP contribution in [0.25, 0.3) is 0 Å². The van der Waals surface area contributed by atoms with Crippen molar-refractivity contribution in [1.82, 2.24) is 14.8 Å². The monoisotopic (exact) mass is 370 g/mol. The maximum absolute atomic E-state index is 12.5. The molecule has 2 aliphatic rings. The molecule has 1 aliphatic heterocycles. The van der Waals surface area contributed by atoms with E-state index in [0.717, 1.165) is 36.2 Å². The van der Waals surface area contributed by atoms with Crippen LogP contribution in [0.5, 0.6) is 0 Å². The molecule has 0 spiro atoms. The van der Waals surface area contributed by atoms with Gasteiger partial charge in [-0.15, -0.1) is 10.2 Å². The second kappa shape index (κ2) is 7.82. The number of piperidine rings is 1. The molecule has 4 rings (SSSR count). The largest absolute Gasteiger partial charge is 0.341 e. The molecule has 26 heavy (non-hydrogen) atoms. The Morgan fingerprint density at radius 2 is 1.85 bits per heavy atom. The summed E-state index contributed by atoms with van der Waals surface area (Å²) < 4.78 is 2.28. The van der Waals surface area contributed by atoms with Crippen molar-refractivity contribution in [3.05, 3.63) is 35.4 Å². The Morgan fingerprint density at radius 3 is 2.50 bits per heavy atom. The number of nitrogens with zero attached hydrogens (tertiary/aromatic N) is 4. The van der Waals surface area contributed by atoms with E-state index in [1.165, 1.54) is 49.4 Å². The standard InChI is InChI=1S/C20H26N4OS/c1-2-15-6-8-16(9-7-15)18(25)14-26-20-22-21-19(24(20)17-10-11-17)23-12-4-3-5-13-23/h6-9,17H,2-5,10-14H2,1H3. The summed E-state index contributed by atoms with van der Waals surface area (Å²) in [7, 11) is 0. The van der Waals surface area contributed by atoms with Crippen molar-refractivity contribution in [2.45, 2.75) is 56.6 Å². The highest BCUT2D eigenvalue weighted by Crippen LogP contribution is 2.41. The molecule has 1 saturated carbocycles. The van der Waals surface area contributed by atoms with Crippen molar-refractivity contribution in [3.8, 4) is 0 Å². The Hall–Kier alpha value is -1.82. The van der Waals surface area contributed by atoms with E-state index >= 15 is 0 Å². The predicted molar refractivity (Wildman–Crippen MR) is 105 cm³/mol. The van der Waals surface area contributed by atoms with Crippen LogP contribution < -0.4 is 4.90 Å². The Labute approximate surface area is 159 Å². The number of ketones is 1. The zero-order chi connectivity index (χ0) is 17.9. The summed E-state index contributed by atoms with van der Waals surface area (Å²) in [6.07, 6.45) is 7.14. The molecular formula is C20H26N4OS. The molecule has 0 unspecified atom stereocenters. The lowest BCUT2D eigenvalue weighted by Gasteiger charge is -2.27. The van der Waals surface area contributed by atoms with Crippen molar-refractivity contribution in [1.29, 1.82) is 0 Å². The van der Waals surface area contributed by atoms with Gasteiger partial charge in [-0.1, -0.05) is 43.0 Å². The summed E-state index contributed by atoms with van der Waals surface area (Å²) in [4.78, 5) is 14.9. The van der Waals surface area contributed by atoms with Crippen molar-refractivity contribution in [2.75, 3.05) is 23.7 Å². The van der Waals surface area contributed by atoms with Crippen LogP contribution in [0, 0.1) is 0 Å². The number of rotatable bonds is 7. The SMILES string of the molecule is CCc1ccc(C(=O)CSc2nnc(N3CCCCC3)n2C2CC2)cc1. The Bertz CT molecular complexity index is 761. The quantitative estimate of drug-likeness (QED) is 0.541.